The normalized spacial score (nSPS) is 10.6. The molecule has 0 spiro atoms. The van der Waals surface area contributed by atoms with Crippen molar-refractivity contribution >= 4 is 44.7 Å². The third-order valence-electron chi connectivity index (χ3n) is 4.11. The molecule has 1 heterocycles. The number of hydrogen-bond acceptors (Lipinski definition) is 5. The maximum Gasteiger partial charge on any atom is 0.307 e. The van der Waals surface area contributed by atoms with Crippen LogP contribution in [0.3, 0.4) is 0 Å². The van der Waals surface area contributed by atoms with Crippen LogP contribution in [0.2, 0.25) is 0 Å². The lowest BCUT2D eigenvalue weighted by atomic mass is 10.1. The van der Waals surface area contributed by atoms with Crippen LogP contribution in [-0.2, 0) is 9.53 Å². The number of H-pyrrole nitrogens is 1. The molecule has 5 N–H and O–H groups in total. The van der Waals surface area contributed by atoms with Crippen molar-refractivity contribution in [3.8, 4) is 11.4 Å². The lowest BCUT2D eigenvalue weighted by Gasteiger charge is -2.05. The summed E-state index contributed by atoms with van der Waals surface area (Å²) in [6, 6.07) is 10.5. The van der Waals surface area contributed by atoms with Gasteiger partial charge < -0.3 is 20.8 Å². The zero-order valence-electron chi connectivity index (χ0n) is 15.0. The second kappa shape index (κ2) is 8.22. The number of carbonyl (C=O) groups excluding carboxylic acids is 2. The third-order valence-corrected chi connectivity index (χ3v) is 4.72. The molecule has 0 saturated heterocycles. The molecule has 1 amide bonds. The molecule has 0 radical (unpaired) electrons. The van der Waals surface area contributed by atoms with Gasteiger partial charge in [-0.15, -0.1) is 0 Å². The van der Waals surface area contributed by atoms with Gasteiger partial charge in [-0.2, -0.15) is 0 Å². The Morgan fingerprint density at radius 3 is 2.61 bits per heavy atom. The highest BCUT2D eigenvalue weighted by Crippen LogP contribution is 2.27. The molecule has 0 unspecified atom stereocenters. The second-order valence-electron chi connectivity index (χ2n) is 6.01. The Morgan fingerprint density at radius 1 is 1.25 bits per heavy atom. The van der Waals surface area contributed by atoms with Crippen molar-refractivity contribution in [3.05, 3.63) is 52.0 Å². The molecule has 28 heavy (non-hydrogen) atoms. The third kappa shape index (κ3) is 4.20. The number of rotatable bonds is 6. The van der Waals surface area contributed by atoms with E-state index in [1.807, 2.05) is 12.1 Å². The first-order valence-corrected chi connectivity index (χ1v) is 9.17. The minimum Gasteiger partial charge on any atom is -0.469 e. The van der Waals surface area contributed by atoms with Crippen LogP contribution >= 0.6 is 15.9 Å². The number of aromatic amines is 1. The molecular formula is C19H18BrN5O3. The minimum atomic E-state index is -0.383. The number of hydrogen-bond donors (Lipinski definition) is 4. The molecule has 3 rings (SSSR count). The summed E-state index contributed by atoms with van der Waals surface area (Å²) in [7, 11) is 1.30. The summed E-state index contributed by atoms with van der Waals surface area (Å²) in [5, 5.41) is 10.1. The summed E-state index contributed by atoms with van der Waals surface area (Å²) in [5.74, 6) is -0.0461. The van der Waals surface area contributed by atoms with Gasteiger partial charge in [-0.25, -0.2) is 4.98 Å². The van der Waals surface area contributed by atoms with E-state index in [1.165, 1.54) is 7.11 Å². The van der Waals surface area contributed by atoms with Crippen molar-refractivity contribution in [3.63, 3.8) is 0 Å². The van der Waals surface area contributed by atoms with Crippen molar-refractivity contribution < 1.29 is 14.3 Å². The van der Waals surface area contributed by atoms with Crippen LogP contribution in [-0.4, -0.2) is 41.3 Å². The zero-order valence-corrected chi connectivity index (χ0v) is 16.6. The first kappa shape index (κ1) is 19.6. The van der Waals surface area contributed by atoms with Gasteiger partial charge in [-0.3, -0.25) is 15.0 Å². The largest absolute Gasteiger partial charge is 0.469 e. The molecule has 9 heteroatoms. The van der Waals surface area contributed by atoms with Gasteiger partial charge in [0.15, 0.2) is 0 Å². The molecule has 0 atom stereocenters. The number of amidine groups is 1. The van der Waals surface area contributed by atoms with E-state index < -0.39 is 0 Å². The number of carbonyl (C=O) groups is 2. The van der Waals surface area contributed by atoms with Crippen LogP contribution in [0.5, 0.6) is 0 Å². The van der Waals surface area contributed by atoms with Crippen LogP contribution in [0.1, 0.15) is 22.3 Å². The monoisotopic (exact) mass is 443 g/mol. The van der Waals surface area contributed by atoms with Gasteiger partial charge in [0.2, 0.25) is 0 Å². The van der Waals surface area contributed by atoms with E-state index in [-0.39, 0.29) is 30.7 Å². The lowest BCUT2D eigenvalue weighted by Crippen LogP contribution is -2.26. The molecule has 144 valence electrons. The van der Waals surface area contributed by atoms with Crippen LogP contribution in [0.25, 0.3) is 22.4 Å². The summed E-state index contributed by atoms with van der Waals surface area (Å²) < 4.78 is 5.22. The zero-order chi connectivity index (χ0) is 20.3. The van der Waals surface area contributed by atoms with E-state index in [2.05, 4.69) is 36.0 Å². The molecule has 0 aliphatic heterocycles. The molecule has 8 nitrogen and oxygen atoms in total. The number of halogens is 1. The fourth-order valence-electron chi connectivity index (χ4n) is 2.63. The van der Waals surface area contributed by atoms with E-state index in [9.17, 15) is 9.59 Å². The molecule has 0 aliphatic carbocycles. The Bertz CT molecular complexity index is 1060. The number of ether oxygens (including phenoxy) is 1. The van der Waals surface area contributed by atoms with Crippen molar-refractivity contribution in [1.29, 1.82) is 5.41 Å². The molecule has 0 saturated carbocycles. The Kier molecular flexibility index (Phi) is 5.74. The summed E-state index contributed by atoms with van der Waals surface area (Å²) in [5.41, 5.74) is 8.76. The predicted molar refractivity (Wildman–Crippen MR) is 109 cm³/mol. The highest BCUT2D eigenvalue weighted by molar-refractivity contribution is 9.10. The summed E-state index contributed by atoms with van der Waals surface area (Å²) in [6.45, 7) is 0.192. The molecule has 2 aromatic carbocycles. The highest BCUT2D eigenvalue weighted by atomic mass is 79.9. The maximum absolute atomic E-state index is 12.3. The standard InChI is InChI=1S/C19H18BrN5O3/c1-28-15(26)6-7-23-19(27)12-8-13(20)16-14(9-12)24-18(25-16)11-4-2-10(3-5-11)17(21)22/h2-5,8-9H,6-7H2,1H3,(H3,21,22)(H,23,27)(H,24,25). The number of benzene rings is 2. The molecule has 0 bridgehead atoms. The molecule has 1 aromatic heterocycles. The number of nitrogen functional groups attached to an aromatic ring is 1. The first-order chi connectivity index (χ1) is 13.4. The number of nitrogens with one attached hydrogen (secondary N) is 3. The van der Waals surface area contributed by atoms with Gasteiger partial charge in [0.05, 0.1) is 19.0 Å². The maximum atomic E-state index is 12.3. The van der Waals surface area contributed by atoms with Gasteiger partial charge >= 0.3 is 5.97 Å². The molecule has 0 fully saturated rings. The molecule has 3 aromatic rings. The number of aromatic nitrogens is 2. The number of amides is 1. The second-order valence-corrected chi connectivity index (χ2v) is 6.87. The Hall–Kier alpha value is -3.20. The van der Waals surface area contributed by atoms with Crippen molar-refractivity contribution in [2.24, 2.45) is 5.73 Å². The number of nitrogens with two attached hydrogens (primary N) is 1. The van der Waals surface area contributed by atoms with Gasteiger partial charge in [0.25, 0.3) is 5.91 Å². The lowest BCUT2D eigenvalue weighted by molar-refractivity contribution is -0.140. The molecule has 0 aliphatic rings. The van der Waals surface area contributed by atoms with E-state index in [0.717, 1.165) is 5.56 Å². The fourth-order valence-corrected chi connectivity index (χ4v) is 3.18. The average Bonchev–Trinajstić information content (AvgIpc) is 3.12. The van der Waals surface area contributed by atoms with Crippen LogP contribution < -0.4 is 11.1 Å². The van der Waals surface area contributed by atoms with E-state index in [4.69, 9.17) is 11.1 Å². The number of esters is 1. The van der Waals surface area contributed by atoms with Crippen LogP contribution in [0.4, 0.5) is 0 Å². The Labute approximate surface area is 169 Å². The highest BCUT2D eigenvalue weighted by Gasteiger charge is 2.14. The van der Waals surface area contributed by atoms with E-state index >= 15 is 0 Å². The van der Waals surface area contributed by atoms with Crippen molar-refractivity contribution in [2.75, 3.05) is 13.7 Å². The topological polar surface area (TPSA) is 134 Å². The smallest absolute Gasteiger partial charge is 0.307 e. The van der Waals surface area contributed by atoms with Crippen molar-refractivity contribution in [2.45, 2.75) is 6.42 Å². The SMILES string of the molecule is COC(=O)CCNC(=O)c1cc(Br)c2nc(-c3ccc(C(=N)N)cc3)[nH]c2c1. The van der Waals surface area contributed by atoms with Crippen LogP contribution in [0, 0.1) is 5.41 Å². The van der Waals surface area contributed by atoms with E-state index in [0.29, 0.717) is 32.5 Å². The first-order valence-electron chi connectivity index (χ1n) is 8.38. The van der Waals surface area contributed by atoms with Gasteiger partial charge in [-0.1, -0.05) is 24.3 Å². The number of imidazole rings is 1. The van der Waals surface area contributed by atoms with Gasteiger partial charge in [-0.05, 0) is 28.1 Å². The summed E-state index contributed by atoms with van der Waals surface area (Å²) in [6.07, 6.45) is 0.107. The number of methoxy groups -OCH3 is 1. The van der Waals surface area contributed by atoms with Crippen LogP contribution in [0.15, 0.2) is 40.9 Å². The summed E-state index contributed by atoms with van der Waals surface area (Å²) >= 11 is 3.45. The summed E-state index contributed by atoms with van der Waals surface area (Å²) in [4.78, 5) is 31.3. The average molecular weight is 444 g/mol. The van der Waals surface area contributed by atoms with Crippen molar-refractivity contribution in [1.82, 2.24) is 15.3 Å². The Morgan fingerprint density at radius 2 is 1.96 bits per heavy atom. The van der Waals surface area contributed by atoms with E-state index in [1.54, 1.807) is 24.3 Å². The minimum absolute atomic E-state index is 0.00162. The Balaban J connectivity index is 1.84. The number of nitrogens with zero attached hydrogens (tertiary/aromatic N) is 1. The number of fused-ring (bicyclic) bond motifs is 1. The van der Waals surface area contributed by atoms with Gasteiger partial charge in [0.1, 0.15) is 17.2 Å². The predicted octanol–water partition coefficient (Wildman–Crippen LogP) is 2.57. The van der Waals surface area contributed by atoms with Gasteiger partial charge in [0, 0.05) is 27.7 Å². The molecular weight excluding hydrogens is 426 g/mol. The fraction of sp³-hybridized carbons (Fsp3) is 0.158. The quantitative estimate of drug-likeness (QED) is 0.263.